The van der Waals surface area contributed by atoms with Crippen molar-refractivity contribution in [1.82, 2.24) is 5.16 Å². The van der Waals surface area contributed by atoms with Crippen LogP contribution in [0.2, 0.25) is 0 Å². The molecule has 0 spiro atoms. The minimum Gasteiger partial charge on any atom is -0.364 e. The fourth-order valence-electron chi connectivity index (χ4n) is 1.66. The Morgan fingerprint density at radius 1 is 1.20 bits per heavy atom. The highest BCUT2D eigenvalue weighted by Gasteiger charge is 2.06. The Kier molecular flexibility index (Phi) is 3.89. The summed E-state index contributed by atoms with van der Waals surface area (Å²) in [5.74, 6) is 0.555. The second-order valence-corrected chi connectivity index (χ2v) is 3.74. The molecule has 2 aromatic rings. The molecule has 0 saturated carbocycles. The molecule has 1 heterocycles. The molecule has 2 heteroatoms. The molecule has 2 nitrogen and oxygen atoms in total. The smallest absolute Gasteiger partial charge is 0.131 e. The number of nitrogens with zero attached hydrogens (tertiary/aromatic N) is 1. The first-order valence-corrected chi connectivity index (χ1v) is 5.53. The molecule has 0 bridgehead atoms. The maximum atomic E-state index is 4.90. The molecule has 82 valence electrons. The molecule has 0 aliphatic rings. The zero-order valence-electron chi connectivity index (χ0n) is 10.2. The van der Waals surface area contributed by atoms with E-state index in [4.69, 9.17) is 4.52 Å². The molecule has 0 amide bonds. The highest BCUT2D eigenvalue weighted by atomic mass is 16.5. The number of aryl methyl sites for hydroxylation is 1. The third-order valence-corrected chi connectivity index (χ3v) is 2.37. The van der Waals surface area contributed by atoms with Crippen molar-refractivity contribution < 1.29 is 4.52 Å². The highest BCUT2D eigenvalue weighted by molar-refractivity contribution is 5.79. The molecule has 0 fully saturated rings. The van der Waals surface area contributed by atoms with E-state index in [9.17, 15) is 0 Å². The van der Waals surface area contributed by atoms with Gasteiger partial charge in [0.25, 0.3) is 0 Å². The van der Waals surface area contributed by atoms with E-state index in [1.54, 1.807) is 6.26 Å². The maximum absolute atomic E-state index is 4.90. The molecule has 0 N–H and O–H groups in total. The van der Waals surface area contributed by atoms with E-state index in [-0.39, 0.29) is 0 Å². The van der Waals surface area contributed by atoms with E-state index < -0.39 is 0 Å². The van der Waals surface area contributed by atoms with E-state index in [0.717, 1.165) is 10.9 Å². The summed E-state index contributed by atoms with van der Waals surface area (Å²) in [6, 6.07) is 4.24. The van der Waals surface area contributed by atoms with E-state index in [0.29, 0.717) is 5.92 Å². The van der Waals surface area contributed by atoms with Crippen LogP contribution in [0.4, 0.5) is 0 Å². The lowest BCUT2D eigenvalue weighted by Crippen LogP contribution is -1.91. The van der Waals surface area contributed by atoms with Crippen LogP contribution < -0.4 is 0 Å². The Hall–Kier alpha value is -1.31. The van der Waals surface area contributed by atoms with Crippen LogP contribution >= 0.6 is 0 Å². The standard InChI is InChI=1S/C11H13NO.C2H6/c1-7(2)10-5-9-6-13-12-11(9)4-8(10)3;1-2/h4-7H,1-3H3;1-2H3. The molecular formula is C13H19NO. The van der Waals surface area contributed by atoms with Gasteiger partial charge in [0.2, 0.25) is 0 Å². The lowest BCUT2D eigenvalue weighted by atomic mass is 9.97. The summed E-state index contributed by atoms with van der Waals surface area (Å²) in [7, 11) is 0. The Morgan fingerprint density at radius 3 is 2.47 bits per heavy atom. The zero-order valence-corrected chi connectivity index (χ0v) is 10.2. The van der Waals surface area contributed by atoms with Gasteiger partial charge in [-0.1, -0.05) is 32.9 Å². The highest BCUT2D eigenvalue weighted by Crippen LogP contribution is 2.24. The van der Waals surface area contributed by atoms with Crippen molar-refractivity contribution in [3.63, 3.8) is 0 Å². The quantitative estimate of drug-likeness (QED) is 0.694. The van der Waals surface area contributed by atoms with Gasteiger partial charge in [0, 0.05) is 5.39 Å². The van der Waals surface area contributed by atoms with Gasteiger partial charge in [0.15, 0.2) is 0 Å². The van der Waals surface area contributed by atoms with Gasteiger partial charge in [-0.25, -0.2) is 0 Å². The number of hydrogen-bond acceptors (Lipinski definition) is 2. The molecular weight excluding hydrogens is 186 g/mol. The summed E-state index contributed by atoms with van der Waals surface area (Å²) in [5, 5.41) is 5.00. The predicted molar refractivity (Wildman–Crippen MR) is 64.2 cm³/mol. The second kappa shape index (κ2) is 4.96. The third kappa shape index (κ3) is 2.38. The van der Waals surface area contributed by atoms with Crippen molar-refractivity contribution in [3.05, 3.63) is 29.5 Å². The topological polar surface area (TPSA) is 26.0 Å². The molecule has 0 atom stereocenters. The van der Waals surface area contributed by atoms with Crippen LogP contribution in [0.1, 0.15) is 44.7 Å². The summed E-state index contributed by atoms with van der Waals surface area (Å²) in [4.78, 5) is 0. The van der Waals surface area contributed by atoms with Gasteiger partial charge in [-0.15, -0.1) is 0 Å². The molecule has 15 heavy (non-hydrogen) atoms. The molecule has 2 rings (SSSR count). The van der Waals surface area contributed by atoms with E-state index in [1.165, 1.54) is 11.1 Å². The van der Waals surface area contributed by atoms with Gasteiger partial charge in [-0.3, -0.25) is 0 Å². The van der Waals surface area contributed by atoms with Crippen LogP contribution in [0, 0.1) is 6.92 Å². The Bertz CT molecular complexity index is 429. The normalized spacial score (nSPS) is 10.3. The summed E-state index contributed by atoms with van der Waals surface area (Å²) < 4.78 is 4.90. The molecule has 0 unspecified atom stereocenters. The minimum absolute atomic E-state index is 0.555. The fraction of sp³-hybridized carbons (Fsp3) is 0.462. The average Bonchev–Trinajstić information content (AvgIpc) is 2.66. The van der Waals surface area contributed by atoms with Gasteiger partial charge < -0.3 is 4.52 Å². The monoisotopic (exact) mass is 205 g/mol. The first-order valence-electron chi connectivity index (χ1n) is 5.53. The Labute approximate surface area is 91.3 Å². The van der Waals surface area contributed by atoms with E-state index >= 15 is 0 Å². The van der Waals surface area contributed by atoms with Gasteiger partial charge in [0.05, 0.1) is 0 Å². The molecule has 0 aliphatic heterocycles. The molecule has 1 aromatic carbocycles. The first-order chi connectivity index (χ1) is 7.18. The van der Waals surface area contributed by atoms with Gasteiger partial charge >= 0.3 is 0 Å². The molecule has 0 saturated heterocycles. The number of aromatic nitrogens is 1. The van der Waals surface area contributed by atoms with Crippen LogP contribution in [0.25, 0.3) is 10.9 Å². The van der Waals surface area contributed by atoms with Crippen molar-refractivity contribution in [2.45, 2.75) is 40.5 Å². The maximum Gasteiger partial charge on any atom is 0.131 e. The Balaban J connectivity index is 0.000000531. The summed E-state index contributed by atoms with van der Waals surface area (Å²) in [6.07, 6.45) is 1.70. The summed E-state index contributed by atoms with van der Waals surface area (Å²) >= 11 is 0. The van der Waals surface area contributed by atoms with Crippen LogP contribution in [0.3, 0.4) is 0 Å². The van der Waals surface area contributed by atoms with E-state index in [1.807, 2.05) is 13.8 Å². The van der Waals surface area contributed by atoms with Gasteiger partial charge in [-0.05, 0) is 36.1 Å². The summed E-state index contributed by atoms with van der Waals surface area (Å²) in [6.45, 7) is 10.5. The number of hydrogen-bond donors (Lipinski definition) is 0. The minimum atomic E-state index is 0.555. The van der Waals surface area contributed by atoms with Gasteiger partial charge in [-0.2, -0.15) is 0 Å². The predicted octanol–water partition coefficient (Wildman–Crippen LogP) is 4.29. The average molecular weight is 205 g/mol. The van der Waals surface area contributed by atoms with Crippen molar-refractivity contribution in [3.8, 4) is 0 Å². The second-order valence-electron chi connectivity index (χ2n) is 3.74. The molecule has 1 aromatic heterocycles. The van der Waals surface area contributed by atoms with Crippen molar-refractivity contribution in [2.75, 3.05) is 0 Å². The third-order valence-electron chi connectivity index (χ3n) is 2.37. The van der Waals surface area contributed by atoms with E-state index in [2.05, 4.69) is 38.1 Å². The number of benzene rings is 1. The molecule has 0 radical (unpaired) electrons. The van der Waals surface area contributed by atoms with Crippen molar-refractivity contribution in [2.24, 2.45) is 0 Å². The number of fused-ring (bicyclic) bond motifs is 1. The fourth-order valence-corrected chi connectivity index (χ4v) is 1.66. The van der Waals surface area contributed by atoms with Crippen molar-refractivity contribution in [1.29, 1.82) is 0 Å². The lowest BCUT2D eigenvalue weighted by molar-refractivity contribution is 0.428. The van der Waals surface area contributed by atoms with Crippen LogP contribution in [0.15, 0.2) is 22.9 Å². The van der Waals surface area contributed by atoms with Crippen LogP contribution in [-0.4, -0.2) is 5.16 Å². The SMILES string of the molecule is CC.Cc1cc2nocc2cc1C(C)C. The first kappa shape index (κ1) is 11.8. The van der Waals surface area contributed by atoms with Crippen molar-refractivity contribution >= 4 is 10.9 Å². The summed E-state index contributed by atoms with van der Waals surface area (Å²) in [5.41, 5.74) is 3.61. The van der Waals surface area contributed by atoms with Gasteiger partial charge in [0.1, 0.15) is 11.8 Å². The van der Waals surface area contributed by atoms with Crippen LogP contribution in [0.5, 0.6) is 0 Å². The molecule has 0 aliphatic carbocycles. The largest absolute Gasteiger partial charge is 0.364 e. The lowest BCUT2D eigenvalue weighted by Gasteiger charge is -2.08. The zero-order chi connectivity index (χ0) is 11.4. The van der Waals surface area contributed by atoms with Crippen LogP contribution in [-0.2, 0) is 0 Å². The number of rotatable bonds is 1. The Morgan fingerprint density at radius 2 is 1.87 bits per heavy atom.